The van der Waals surface area contributed by atoms with E-state index >= 15 is 0 Å². The number of carbonyl (C=O) groups excluding carboxylic acids is 1. The van der Waals surface area contributed by atoms with Crippen LogP contribution in [-0.4, -0.2) is 29.0 Å². The van der Waals surface area contributed by atoms with Crippen LogP contribution in [0.5, 0.6) is 5.75 Å². The van der Waals surface area contributed by atoms with Crippen LogP contribution in [0.4, 0.5) is 11.4 Å². The fraction of sp³-hybridized carbons (Fsp3) is 0.0667. The lowest BCUT2D eigenvalue weighted by Gasteiger charge is -2.15. The lowest BCUT2D eigenvalue weighted by molar-refractivity contribution is -0.384. The van der Waals surface area contributed by atoms with E-state index in [1.807, 2.05) is 0 Å². The Hall–Kier alpha value is -1.50. The van der Waals surface area contributed by atoms with Crippen molar-refractivity contribution in [3.8, 4) is 5.75 Å². The monoisotopic (exact) mass is 628 g/mol. The summed E-state index contributed by atoms with van der Waals surface area (Å²) >= 11 is 12.9. The second-order valence-electron chi connectivity index (χ2n) is 4.91. The molecule has 0 heterocycles. The van der Waals surface area contributed by atoms with E-state index < -0.39 is 16.8 Å². The third-order valence-corrected chi connectivity index (χ3v) is 8.12. The van der Waals surface area contributed by atoms with Gasteiger partial charge in [-0.3, -0.25) is 14.9 Å². The zero-order chi connectivity index (χ0) is 20.5. The number of carboxylic acid groups (broad SMARTS) is 1. The summed E-state index contributed by atoms with van der Waals surface area (Å²) in [6.45, 7) is 0. The van der Waals surface area contributed by atoms with Gasteiger partial charge in [-0.05, 0) is 69.8 Å². The first-order chi connectivity index (χ1) is 12.6. The Morgan fingerprint density at radius 2 is 1.63 bits per heavy atom. The Balaban J connectivity index is 2.57. The molecule has 0 aliphatic heterocycles. The van der Waals surface area contributed by atoms with Gasteiger partial charge in [-0.15, -0.1) is 0 Å². The maximum atomic E-state index is 12.8. The number of benzene rings is 2. The van der Waals surface area contributed by atoms with Crippen molar-refractivity contribution in [2.45, 2.75) is 0 Å². The molecule has 0 radical (unpaired) electrons. The van der Waals surface area contributed by atoms with Gasteiger partial charge in [0.2, 0.25) is 0 Å². The first-order valence-corrected chi connectivity index (χ1v) is 10.00. The van der Waals surface area contributed by atoms with Gasteiger partial charge in [-0.25, -0.2) is 4.79 Å². The van der Waals surface area contributed by atoms with Crippen molar-refractivity contribution in [2.24, 2.45) is 0 Å². The number of hydrogen-bond acceptors (Lipinski definition) is 5. The molecule has 27 heavy (non-hydrogen) atoms. The fourth-order valence-electron chi connectivity index (χ4n) is 2.13. The van der Waals surface area contributed by atoms with E-state index in [1.54, 1.807) is 0 Å². The summed E-state index contributed by atoms with van der Waals surface area (Å²) in [5, 5.41) is 22.9. The summed E-state index contributed by atoms with van der Waals surface area (Å²) in [7, 11) is 1.29. The van der Waals surface area contributed by atoms with Crippen LogP contribution >= 0.6 is 63.7 Å². The second-order valence-corrected chi connectivity index (χ2v) is 8.08. The minimum Gasteiger partial charge on any atom is -0.494 e. The van der Waals surface area contributed by atoms with E-state index in [9.17, 15) is 24.8 Å². The van der Waals surface area contributed by atoms with Gasteiger partial charge in [0.15, 0.2) is 0 Å². The Labute approximate surface area is 185 Å². The molecule has 0 bridgehead atoms. The number of rotatable bonds is 5. The lowest BCUT2D eigenvalue weighted by Crippen LogP contribution is -2.19. The predicted molar refractivity (Wildman–Crippen MR) is 112 cm³/mol. The molecule has 2 aromatic rings. The number of nitro benzene ring substituents is 1. The van der Waals surface area contributed by atoms with Gasteiger partial charge in [0, 0.05) is 24.0 Å². The summed E-state index contributed by atoms with van der Waals surface area (Å²) in [4.78, 5) is 34.8. The van der Waals surface area contributed by atoms with Gasteiger partial charge in [0.25, 0.3) is 11.6 Å². The van der Waals surface area contributed by atoms with Crippen LogP contribution in [-0.2, 0) is 0 Å². The normalized spacial score (nSPS) is 10.4. The molecule has 0 saturated carbocycles. The van der Waals surface area contributed by atoms with Crippen molar-refractivity contribution in [1.29, 1.82) is 0 Å². The molecule has 0 aliphatic carbocycles. The molecular weight excluding hydrogens is 624 g/mol. The maximum Gasteiger partial charge on any atom is 0.337 e. The molecule has 12 heteroatoms. The first-order valence-electron chi connectivity index (χ1n) is 6.83. The molecule has 2 rings (SSSR count). The maximum absolute atomic E-state index is 12.8. The van der Waals surface area contributed by atoms with Crippen LogP contribution in [0.15, 0.2) is 36.1 Å². The summed E-state index contributed by atoms with van der Waals surface area (Å²) in [6.07, 6.45) is 0. The highest BCUT2D eigenvalue weighted by atomic mass is 79.9. The molecule has 2 aromatic carbocycles. The number of hydrogen-bond donors (Lipinski definition) is 2. The van der Waals surface area contributed by atoms with Crippen molar-refractivity contribution in [2.75, 3.05) is 12.4 Å². The quantitative estimate of drug-likeness (QED) is 0.192. The molecule has 0 unspecified atom stereocenters. The summed E-state index contributed by atoms with van der Waals surface area (Å²) in [5.41, 5.74) is -0.488. The summed E-state index contributed by atoms with van der Waals surface area (Å²) < 4.78 is 6.31. The van der Waals surface area contributed by atoms with Crippen LogP contribution in [0.3, 0.4) is 0 Å². The van der Waals surface area contributed by atoms with Crippen LogP contribution in [0.1, 0.15) is 20.7 Å². The third-order valence-electron chi connectivity index (χ3n) is 3.35. The van der Waals surface area contributed by atoms with Crippen LogP contribution < -0.4 is 10.1 Å². The molecule has 0 saturated heterocycles. The Kier molecular flexibility index (Phi) is 7.00. The van der Waals surface area contributed by atoms with Gasteiger partial charge in [-0.1, -0.05) is 0 Å². The van der Waals surface area contributed by atoms with E-state index in [1.165, 1.54) is 19.2 Å². The van der Waals surface area contributed by atoms with E-state index in [4.69, 9.17) is 4.74 Å². The molecule has 1 amide bonds. The minimum absolute atomic E-state index is 0.0563. The molecular formula is C15H8Br4N2O6. The van der Waals surface area contributed by atoms with Crippen molar-refractivity contribution in [3.63, 3.8) is 0 Å². The lowest BCUT2D eigenvalue weighted by atomic mass is 10.1. The molecule has 142 valence electrons. The smallest absolute Gasteiger partial charge is 0.337 e. The van der Waals surface area contributed by atoms with Crippen LogP contribution in [0.25, 0.3) is 0 Å². The Morgan fingerprint density at radius 1 is 1.07 bits per heavy atom. The molecule has 0 spiro atoms. The number of aromatic carboxylic acids is 1. The van der Waals surface area contributed by atoms with Crippen LogP contribution in [0.2, 0.25) is 0 Å². The number of carbonyl (C=O) groups is 2. The second kappa shape index (κ2) is 8.67. The predicted octanol–water partition coefficient (Wildman–Crippen LogP) is 5.60. The zero-order valence-electron chi connectivity index (χ0n) is 13.2. The van der Waals surface area contributed by atoms with Crippen molar-refractivity contribution >= 4 is 87.0 Å². The molecule has 0 aliphatic rings. The molecule has 8 nitrogen and oxygen atoms in total. The number of amides is 1. The zero-order valence-corrected chi connectivity index (χ0v) is 19.5. The number of nitrogens with zero attached hydrogens (tertiary/aromatic N) is 1. The number of nitrogens with one attached hydrogen (secondary N) is 1. The number of anilines is 1. The van der Waals surface area contributed by atoms with Crippen molar-refractivity contribution in [1.82, 2.24) is 0 Å². The molecule has 2 N–H and O–H groups in total. The number of halogens is 4. The number of ether oxygens (including phenoxy) is 1. The van der Waals surface area contributed by atoms with Crippen molar-refractivity contribution in [3.05, 3.63) is 57.3 Å². The highest BCUT2D eigenvalue weighted by Gasteiger charge is 2.28. The van der Waals surface area contributed by atoms with Crippen LogP contribution in [0, 0.1) is 10.1 Å². The van der Waals surface area contributed by atoms with E-state index in [2.05, 4.69) is 69.0 Å². The minimum atomic E-state index is -1.32. The van der Waals surface area contributed by atoms with Gasteiger partial charge >= 0.3 is 5.97 Å². The van der Waals surface area contributed by atoms with Gasteiger partial charge in [0.1, 0.15) is 5.75 Å². The molecule has 0 atom stereocenters. The average Bonchev–Trinajstić information content (AvgIpc) is 2.62. The standard InChI is InChI=1S/C15H8Br4N2O6/c1-27-7-4-5(21(25)26)2-3-6(7)20-14(22)8-9(15(23)24)11(17)13(19)12(18)10(8)16/h2-4H,1H3,(H,20,22)(H,23,24). The van der Waals surface area contributed by atoms with Gasteiger partial charge < -0.3 is 15.2 Å². The highest BCUT2D eigenvalue weighted by Crippen LogP contribution is 2.42. The average molecular weight is 632 g/mol. The SMILES string of the molecule is COc1cc([N+](=O)[O-])ccc1NC(=O)c1c(Br)c(Br)c(Br)c(Br)c1C(=O)O. The van der Waals surface area contributed by atoms with Gasteiger partial charge in [0.05, 0.1) is 34.9 Å². The Bertz CT molecular complexity index is 980. The number of nitro groups is 1. The fourth-order valence-corrected chi connectivity index (χ4v) is 4.59. The van der Waals surface area contributed by atoms with Gasteiger partial charge in [-0.2, -0.15) is 0 Å². The number of methoxy groups -OCH3 is 1. The number of non-ortho nitro benzene ring substituents is 1. The van der Waals surface area contributed by atoms with E-state index in [0.29, 0.717) is 8.95 Å². The molecule has 0 aromatic heterocycles. The largest absolute Gasteiger partial charge is 0.494 e. The summed E-state index contributed by atoms with van der Waals surface area (Å²) in [6, 6.07) is 3.64. The topological polar surface area (TPSA) is 119 Å². The first kappa shape index (κ1) is 21.8. The van der Waals surface area contributed by atoms with E-state index in [0.717, 1.165) is 6.07 Å². The third kappa shape index (κ3) is 4.33. The Morgan fingerprint density at radius 3 is 2.11 bits per heavy atom. The van der Waals surface area contributed by atoms with E-state index in [-0.39, 0.29) is 37.2 Å². The van der Waals surface area contributed by atoms with Crippen molar-refractivity contribution < 1.29 is 24.4 Å². The molecule has 0 fully saturated rings. The number of carboxylic acids is 1. The highest BCUT2D eigenvalue weighted by molar-refractivity contribution is 9.15. The summed E-state index contributed by atoms with van der Waals surface area (Å²) in [5.74, 6) is -2.02.